The molecule has 0 unspecified atom stereocenters. The highest BCUT2D eigenvalue weighted by Gasteiger charge is 2.61. The number of aromatic nitrogens is 3. The van der Waals surface area contributed by atoms with Crippen molar-refractivity contribution in [3.05, 3.63) is 36.7 Å². The van der Waals surface area contributed by atoms with Crippen molar-refractivity contribution in [2.45, 2.75) is 12.3 Å². The smallest absolute Gasteiger partial charge is 0.260 e. The summed E-state index contributed by atoms with van der Waals surface area (Å²) in [5.74, 6) is -3.91. The fourth-order valence-electron chi connectivity index (χ4n) is 4.33. The number of ether oxygens (including phenoxy) is 1. The van der Waals surface area contributed by atoms with Gasteiger partial charge in [-0.1, -0.05) is 0 Å². The van der Waals surface area contributed by atoms with Crippen LogP contribution in [-0.2, 0) is 9.53 Å². The molecule has 180 valence electrons. The average Bonchev–Trinajstić information content (AvgIpc) is 3.32. The predicted octanol–water partition coefficient (Wildman–Crippen LogP) is 3.91. The number of nitrogens with one attached hydrogen (secondary N) is 2. The van der Waals surface area contributed by atoms with Crippen LogP contribution in [0.25, 0.3) is 33.3 Å². The maximum atomic E-state index is 13.3. The first-order valence-corrected chi connectivity index (χ1v) is 11.3. The van der Waals surface area contributed by atoms with Crippen LogP contribution in [0.5, 0.6) is 0 Å². The third-order valence-electron chi connectivity index (χ3n) is 6.38. The van der Waals surface area contributed by atoms with Crippen LogP contribution in [-0.4, -0.2) is 60.1 Å². The molecule has 11 heteroatoms. The van der Waals surface area contributed by atoms with Crippen molar-refractivity contribution < 1.29 is 22.7 Å². The number of hydrogen-bond acceptors (Lipinski definition) is 8. The van der Waals surface area contributed by atoms with Gasteiger partial charge in [0.15, 0.2) is 5.58 Å². The summed E-state index contributed by atoms with van der Waals surface area (Å²) in [5, 5.41) is 6.86. The van der Waals surface area contributed by atoms with Gasteiger partial charge in [-0.3, -0.25) is 4.79 Å². The molecule has 2 fully saturated rings. The molecule has 9 nitrogen and oxygen atoms in total. The minimum Gasteiger partial charge on any atom is -0.436 e. The van der Waals surface area contributed by atoms with Crippen LogP contribution in [0.3, 0.4) is 0 Å². The summed E-state index contributed by atoms with van der Waals surface area (Å²) in [4.78, 5) is 27.8. The fourth-order valence-corrected chi connectivity index (χ4v) is 4.33. The lowest BCUT2D eigenvalue weighted by molar-refractivity contribution is -0.119. The number of carbonyl (C=O) groups excluding carboxylic acids is 1. The third kappa shape index (κ3) is 3.91. The molecule has 1 aliphatic carbocycles. The van der Waals surface area contributed by atoms with Crippen LogP contribution in [0.4, 0.5) is 26.1 Å². The van der Waals surface area contributed by atoms with Gasteiger partial charge >= 0.3 is 0 Å². The van der Waals surface area contributed by atoms with Gasteiger partial charge in [0.1, 0.15) is 23.1 Å². The summed E-state index contributed by atoms with van der Waals surface area (Å²) in [6, 6.07) is 7.49. The summed E-state index contributed by atoms with van der Waals surface area (Å²) in [5.41, 5.74) is 2.97. The van der Waals surface area contributed by atoms with E-state index in [2.05, 4.69) is 25.5 Å². The molecule has 1 aromatic carbocycles. The van der Waals surface area contributed by atoms with Crippen molar-refractivity contribution in [3.8, 4) is 11.5 Å². The zero-order chi connectivity index (χ0) is 24.2. The van der Waals surface area contributed by atoms with E-state index in [9.17, 15) is 13.6 Å². The van der Waals surface area contributed by atoms with Gasteiger partial charge in [-0.2, -0.15) is 0 Å². The van der Waals surface area contributed by atoms with Crippen molar-refractivity contribution in [3.63, 3.8) is 0 Å². The summed E-state index contributed by atoms with van der Waals surface area (Å²) in [6.45, 7) is 2.99. The number of fused-ring (bicyclic) bond motifs is 2. The van der Waals surface area contributed by atoms with Gasteiger partial charge in [0.05, 0.1) is 18.8 Å². The van der Waals surface area contributed by atoms with Crippen molar-refractivity contribution in [1.82, 2.24) is 15.0 Å². The molecule has 0 bridgehead atoms. The quantitative estimate of drug-likeness (QED) is 0.443. The molecule has 1 saturated heterocycles. The number of nitrogens with zero attached hydrogens (tertiary/aromatic N) is 4. The number of alkyl halides is 2. The average molecular weight is 480 g/mol. The molecule has 6 rings (SSSR count). The van der Waals surface area contributed by atoms with Crippen LogP contribution in [0.1, 0.15) is 6.42 Å². The van der Waals surface area contributed by atoms with Gasteiger partial charge in [-0.15, -0.1) is 0 Å². The first kappa shape index (κ1) is 21.7. The summed E-state index contributed by atoms with van der Waals surface area (Å²) in [6.07, 6.45) is 2.72. The number of amides is 1. The maximum absolute atomic E-state index is 13.3. The van der Waals surface area contributed by atoms with Gasteiger partial charge in [0, 0.05) is 55.4 Å². The number of halogens is 2. The Labute approximate surface area is 198 Å². The third-order valence-corrected chi connectivity index (χ3v) is 6.38. The summed E-state index contributed by atoms with van der Waals surface area (Å²) < 4.78 is 38.1. The van der Waals surface area contributed by atoms with E-state index in [1.807, 2.05) is 18.2 Å². The predicted molar refractivity (Wildman–Crippen MR) is 127 cm³/mol. The molecule has 3 aromatic heterocycles. The highest BCUT2D eigenvalue weighted by Crippen LogP contribution is 2.49. The van der Waals surface area contributed by atoms with Crippen LogP contribution in [0.15, 0.2) is 41.1 Å². The molecule has 0 spiro atoms. The first-order valence-electron chi connectivity index (χ1n) is 11.3. The van der Waals surface area contributed by atoms with E-state index in [0.29, 0.717) is 52.4 Å². The first-order chi connectivity index (χ1) is 16.9. The van der Waals surface area contributed by atoms with Crippen LogP contribution in [0, 0.1) is 5.92 Å². The molecule has 1 aliphatic heterocycles. The van der Waals surface area contributed by atoms with E-state index in [-0.39, 0.29) is 5.82 Å². The fraction of sp³-hybridized carbons (Fsp3) is 0.333. The Morgan fingerprint density at radius 2 is 1.94 bits per heavy atom. The van der Waals surface area contributed by atoms with Crippen molar-refractivity contribution >= 4 is 45.1 Å². The molecule has 1 atom stereocenters. The van der Waals surface area contributed by atoms with E-state index < -0.39 is 24.2 Å². The number of oxazole rings is 1. The number of rotatable bonds is 5. The highest BCUT2D eigenvalue weighted by atomic mass is 19.3. The van der Waals surface area contributed by atoms with Gasteiger partial charge < -0.3 is 24.7 Å². The van der Waals surface area contributed by atoms with Gasteiger partial charge in [-0.25, -0.2) is 23.7 Å². The zero-order valence-electron chi connectivity index (χ0n) is 18.8. The zero-order valence-corrected chi connectivity index (χ0v) is 18.8. The maximum Gasteiger partial charge on any atom is 0.260 e. The van der Waals surface area contributed by atoms with Gasteiger partial charge in [-0.05, 0) is 24.3 Å². The second-order valence-corrected chi connectivity index (χ2v) is 8.66. The molecular weight excluding hydrogens is 458 g/mol. The van der Waals surface area contributed by atoms with Crippen molar-refractivity contribution in [2.24, 2.45) is 5.92 Å². The number of morpholine rings is 1. The van der Waals surface area contributed by atoms with Crippen LogP contribution < -0.4 is 15.5 Å². The second kappa shape index (κ2) is 8.12. The molecule has 0 radical (unpaired) electrons. The minimum absolute atomic E-state index is 0.172. The number of hydrogen-bond donors (Lipinski definition) is 2. The van der Waals surface area contributed by atoms with E-state index >= 15 is 0 Å². The lowest BCUT2D eigenvalue weighted by Crippen LogP contribution is -2.36. The monoisotopic (exact) mass is 480 g/mol. The van der Waals surface area contributed by atoms with Crippen LogP contribution in [0.2, 0.25) is 0 Å². The highest BCUT2D eigenvalue weighted by molar-refractivity contribution is 6.03. The molecular formula is C24H22F2N6O3. The molecule has 1 saturated carbocycles. The largest absolute Gasteiger partial charge is 0.436 e. The SMILES string of the molecule is CNc1ncc(-c2nc3cc(N4CCOCC4)ccc3o2)c2cc(NC(=O)[C@@H]3CC3(F)F)ncc12. The standard InChI is InChI=1S/C24H22F2N6O3/c1-27-21-15-11-28-20(31-22(33)17-10-24(17,25)26)9-14(15)16(12-29-21)23-30-18-8-13(2-3-19(18)35-23)32-4-6-34-7-5-32/h2-3,8-9,11-12,17H,4-7,10H2,1H3,(H,27,29)(H,28,31,33)/t17-/m0/s1. The van der Waals surface area contributed by atoms with Gasteiger partial charge in [0.2, 0.25) is 11.8 Å². The Balaban J connectivity index is 1.38. The van der Waals surface area contributed by atoms with Crippen molar-refractivity contribution in [1.29, 1.82) is 0 Å². The Morgan fingerprint density at radius 3 is 2.69 bits per heavy atom. The molecule has 2 aliphatic rings. The molecule has 2 N–H and O–H groups in total. The Hall–Kier alpha value is -3.86. The number of benzene rings is 1. The molecule has 4 heterocycles. The number of pyridine rings is 2. The molecule has 35 heavy (non-hydrogen) atoms. The van der Waals surface area contributed by atoms with Crippen LogP contribution >= 0.6 is 0 Å². The lowest BCUT2D eigenvalue weighted by atomic mass is 10.1. The Bertz CT molecular complexity index is 1450. The van der Waals surface area contributed by atoms with E-state index in [1.54, 1.807) is 19.3 Å². The van der Waals surface area contributed by atoms with E-state index in [4.69, 9.17) is 14.1 Å². The second-order valence-electron chi connectivity index (χ2n) is 8.66. The van der Waals surface area contributed by atoms with Crippen molar-refractivity contribution in [2.75, 3.05) is 48.9 Å². The Kier molecular flexibility index (Phi) is 5.03. The summed E-state index contributed by atoms with van der Waals surface area (Å²) >= 11 is 0. The van der Waals surface area contributed by atoms with Gasteiger partial charge in [0.25, 0.3) is 5.92 Å². The van der Waals surface area contributed by atoms with E-state index in [0.717, 1.165) is 18.8 Å². The number of carbonyl (C=O) groups is 1. The molecule has 1 amide bonds. The van der Waals surface area contributed by atoms with E-state index in [1.165, 1.54) is 6.20 Å². The summed E-state index contributed by atoms with van der Waals surface area (Å²) in [7, 11) is 1.74. The normalized spacial score (nSPS) is 19.2. The Morgan fingerprint density at radius 1 is 1.14 bits per heavy atom. The topological polar surface area (TPSA) is 105 Å². The lowest BCUT2D eigenvalue weighted by Gasteiger charge is -2.28. The number of anilines is 3. The molecule has 4 aromatic rings. The minimum atomic E-state index is -2.95.